The van der Waals surface area contributed by atoms with Gasteiger partial charge in [0.2, 0.25) is 5.76 Å². The Morgan fingerprint density at radius 2 is 1.80 bits per heavy atom. The zero-order valence-corrected chi connectivity index (χ0v) is 13.4. The number of rotatable bonds is 3. The predicted octanol–water partition coefficient (Wildman–Crippen LogP) is 1.49. The molecule has 3 aromatic rings. The fraction of sp³-hybridized carbons (Fsp3) is 0.235. The number of anilines is 1. The summed E-state index contributed by atoms with van der Waals surface area (Å²) in [5.41, 5.74) is 1.53. The van der Waals surface area contributed by atoms with E-state index in [9.17, 15) is 4.79 Å². The number of aromatic nitrogens is 4. The van der Waals surface area contributed by atoms with Crippen molar-refractivity contribution in [3.8, 4) is 11.4 Å². The van der Waals surface area contributed by atoms with Gasteiger partial charge in [-0.2, -0.15) is 0 Å². The van der Waals surface area contributed by atoms with Crippen LogP contribution in [-0.4, -0.2) is 57.3 Å². The van der Waals surface area contributed by atoms with Gasteiger partial charge in [-0.05, 0) is 24.3 Å². The van der Waals surface area contributed by atoms with Gasteiger partial charge in [-0.1, -0.05) is 11.2 Å². The molecule has 126 valence electrons. The van der Waals surface area contributed by atoms with Crippen LogP contribution in [0.4, 0.5) is 5.82 Å². The van der Waals surface area contributed by atoms with Crippen molar-refractivity contribution in [1.29, 1.82) is 0 Å². The number of hydrogen-bond acceptors (Lipinski definition) is 7. The van der Waals surface area contributed by atoms with E-state index in [1.807, 2.05) is 30.3 Å². The largest absolute Gasteiger partial charge is 0.352 e. The molecule has 0 unspecified atom stereocenters. The average Bonchev–Trinajstić information content (AvgIpc) is 3.23. The van der Waals surface area contributed by atoms with E-state index in [4.69, 9.17) is 4.52 Å². The lowest BCUT2D eigenvalue weighted by Crippen LogP contribution is -2.49. The van der Waals surface area contributed by atoms with Gasteiger partial charge < -0.3 is 14.3 Å². The normalized spacial score (nSPS) is 14.6. The molecule has 1 amide bonds. The Balaban J connectivity index is 1.40. The van der Waals surface area contributed by atoms with Gasteiger partial charge in [0.1, 0.15) is 5.69 Å². The first-order valence-electron chi connectivity index (χ1n) is 8.01. The lowest BCUT2D eigenvalue weighted by Gasteiger charge is -2.34. The molecule has 0 spiro atoms. The average molecular weight is 336 g/mol. The second kappa shape index (κ2) is 6.68. The lowest BCUT2D eigenvalue weighted by molar-refractivity contribution is 0.0704. The molecule has 0 N–H and O–H groups in total. The summed E-state index contributed by atoms with van der Waals surface area (Å²) in [7, 11) is 0. The maximum absolute atomic E-state index is 12.2. The van der Waals surface area contributed by atoms with Crippen molar-refractivity contribution in [3.63, 3.8) is 0 Å². The zero-order chi connectivity index (χ0) is 17.1. The highest BCUT2D eigenvalue weighted by molar-refractivity contribution is 5.91. The van der Waals surface area contributed by atoms with E-state index in [0.29, 0.717) is 26.2 Å². The molecular formula is C17H16N6O2. The monoisotopic (exact) mass is 336 g/mol. The maximum Gasteiger partial charge on any atom is 0.292 e. The van der Waals surface area contributed by atoms with Crippen molar-refractivity contribution in [2.75, 3.05) is 31.1 Å². The molecule has 4 heterocycles. The van der Waals surface area contributed by atoms with Crippen molar-refractivity contribution < 1.29 is 9.32 Å². The Bertz CT molecular complexity index is 827. The minimum absolute atomic E-state index is 0.131. The number of carbonyl (C=O) groups is 1. The van der Waals surface area contributed by atoms with Gasteiger partial charge in [-0.25, -0.2) is 0 Å². The summed E-state index contributed by atoms with van der Waals surface area (Å²) in [4.78, 5) is 20.4. The van der Waals surface area contributed by atoms with Crippen LogP contribution in [0.5, 0.6) is 0 Å². The second-order valence-electron chi connectivity index (χ2n) is 5.65. The van der Waals surface area contributed by atoms with E-state index in [0.717, 1.165) is 17.2 Å². The number of carbonyl (C=O) groups excluding carboxylic acids is 1. The summed E-state index contributed by atoms with van der Waals surface area (Å²) in [5.74, 6) is 0.938. The fourth-order valence-corrected chi connectivity index (χ4v) is 2.77. The summed E-state index contributed by atoms with van der Waals surface area (Å²) < 4.78 is 4.93. The highest BCUT2D eigenvalue weighted by atomic mass is 16.5. The molecule has 0 radical (unpaired) electrons. The minimum atomic E-state index is -0.131. The lowest BCUT2D eigenvalue weighted by atomic mass is 10.2. The van der Waals surface area contributed by atoms with Crippen molar-refractivity contribution in [2.24, 2.45) is 0 Å². The highest BCUT2D eigenvalue weighted by Crippen LogP contribution is 2.18. The van der Waals surface area contributed by atoms with Crippen LogP contribution in [0.25, 0.3) is 11.4 Å². The molecule has 25 heavy (non-hydrogen) atoms. The third kappa shape index (κ3) is 3.18. The van der Waals surface area contributed by atoms with E-state index in [2.05, 4.69) is 25.2 Å². The van der Waals surface area contributed by atoms with Crippen LogP contribution in [0.15, 0.2) is 53.3 Å². The third-order valence-corrected chi connectivity index (χ3v) is 4.12. The molecule has 0 atom stereocenters. The number of hydrogen-bond donors (Lipinski definition) is 0. The molecule has 8 nitrogen and oxygen atoms in total. The number of pyridine rings is 1. The van der Waals surface area contributed by atoms with Crippen LogP contribution in [0.3, 0.4) is 0 Å². The summed E-state index contributed by atoms with van der Waals surface area (Å²) in [5, 5.41) is 12.1. The molecule has 0 aliphatic carbocycles. The van der Waals surface area contributed by atoms with E-state index in [-0.39, 0.29) is 11.7 Å². The first kappa shape index (κ1) is 15.3. The van der Waals surface area contributed by atoms with Gasteiger partial charge in [-0.3, -0.25) is 9.78 Å². The van der Waals surface area contributed by atoms with Crippen molar-refractivity contribution in [3.05, 3.63) is 54.6 Å². The van der Waals surface area contributed by atoms with Gasteiger partial charge in [0.15, 0.2) is 5.82 Å². The SMILES string of the molecule is O=C(c1ccno1)N1CCN(c2ccc(-c3ccccn3)nn2)CC1. The van der Waals surface area contributed by atoms with E-state index < -0.39 is 0 Å². The maximum atomic E-state index is 12.2. The first-order chi connectivity index (χ1) is 12.3. The van der Waals surface area contributed by atoms with E-state index in [1.54, 1.807) is 17.2 Å². The molecular weight excluding hydrogens is 320 g/mol. The molecule has 3 aromatic heterocycles. The standard InChI is InChI=1S/C17H16N6O2/c24-17(15-6-8-19-25-15)23-11-9-22(10-12-23)16-5-4-14(20-21-16)13-3-1-2-7-18-13/h1-8H,9-12H2. The van der Waals surface area contributed by atoms with E-state index in [1.165, 1.54) is 6.20 Å². The van der Waals surface area contributed by atoms with E-state index >= 15 is 0 Å². The molecule has 1 aliphatic rings. The van der Waals surface area contributed by atoms with Crippen LogP contribution >= 0.6 is 0 Å². The Morgan fingerprint density at radius 1 is 0.920 bits per heavy atom. The van der Waals surface area contributed by atoms with Crippen LogP contribution < -0.4 is 4.90 Å². The molecule has 1 fully saturated rings. The van der Waals surface area contributed by atoms with Gasteiger partial charge in [0, 0.05) is 38.4 Å². The molecule has 0 aromatic carbocycles. The zero-order valence-electron chi connectivity index (χ0n) is 13.4. The molecule has 4 rings (SSSR count). The Hall–Kier alpha value is -3.29. The van der Waals surface area contributed by atoms with Gasteiger partial charge in [-0.15, -0.1) is 10.2 Å². The number of amides is 1. The topological polar surface area (TPSA) is 88.3 Å². The second-order valence-corrected chi connectivity index (χ2v) is 5.65. The molecule has 0 saturated carbocycles. The molecule has 8 heteroatoms. The fourth-order valence-electron chi connectivity index (χ4n) is 2.77. The van der Waals surface area contributed by atoms with Gasteiger partial charge in [0.25, 0.3) is 5.91 Å². The van der Waals surface area contributed by atoms with Crippen LogP contribution in [-0.2, 0) is 0 Å². The van der Waals surface area contributed by atoms with Crippen molar-refractivity contribution in [1.82, 2.24) is 25.2 Å². The van der Waals surface area contributed by atoms with Crippen molar-refractivity contribution in [2.45, 2.75) is 0 Å². The summed E-state index contributed by atoms with van der Waals surface area (Å²) in [6.07, 6.45) is 3.21. The predicted molar refractivity (Wildman–Crippen MR) is 89.9 cm³/mol. The molecule has 0 bridgehead atoms. The smallest absolute Gasteiger partial charge is 0.292 e. The quantitative estimate of drug-likeness (QED) is 0.716. The minimum Gasteiger partial charge on any atom is -0.352 e. The Labute approximate surface area is 144 Å². The Morgan fingerprint density at radius 3 is 2.44 bits per heavy atom. The summed E-state index contributed by atoms with van der Waals surface area (Å²) in [6.45, 7) is 2.58. The van der Waals surface area contributed by atoms with Gasteiger partial charge >= 0.3 is 0 Å². The number of piperazine rings is 1. The first-order valence-corrected chi connectivity index (χ1v) is 8.01. The van der Waals surface area contributed by atoms with Crippen LogP contribution in [0, 0.1) is 0 Å². The van der Waals surface area contributed by atoms with Crippen molar-refractivity contribution >= 4 is 11.7 Å². The van der Waals surface area contributed by atoms with Crippen LogP contribution in [0.2, 0.25) is 0 Å². The summed E-state index contributed by atoms with van der Waals surface area (Å²) >= 11 is 0. The third-order valence-electron chi connectivity index (χ3n) is 4.12. The Kier molecular flexibility index (Phi) is 4.07. The number of nitrogens with zero attached hydrogens (tertiary/aromatic N) is 6. The van der Waals surface area contributed by atoms with Gasteiger partial charge in [0.05, 0.1) is 11.9 Å². The molecule has 1 saturated heterocycles. The van der Waals surface area contributed by atoms with Crippen LogP contribution in [0.1, 0.15) is 10.6 Å². The molecule has 1 aliphatic heterocycles. The summed E-state index contributed by atoms with van der Waals surface area (Å²) in [6, 6.07) is 11.1. The highest BCUT2D eigenvalue weighted by Gasteiger charge is 2.24.